The number of nitrogens with one attached hydrogen (secondary N) is 1. The van der Waals surface area contributed by atoms with Gasteiger partial charge in [0.15, 0.2) is 0 Å². The molecule has 2 nitrogen and oxygen atoms in total. The second-order valence-corrected chi connectivity index (χ2v) is 4.82. The molecule has 1 aromatic heterocycles. The van der Waals surface area contributed by atoms with Gasteiger partial charge in [-0.2, -0.15) is 11.3 Å². The second kappa shape index (κ2) is 6.99. The van der Waals surface area contributed by atoms with Crippen molar-refractivity contribution in [3.8, 4) is 0 Å². The molecule has 2 unspecified atom stereocenters. The Morgan fingerprint density at radius 3 is 2.93 bits per heavy atom. The molecule has 0 amide bonds. The third-order valence-electron chi connectivity index (χ3n) is 2.56. The standard InChI is InChI=1S/C12H21NOS/c1-3-12(14)4-6-13-10(2)8-11-5-7-15-9-11/h5,7,9-10,12-14H,3-4,6,8H2,1-2H3. The smallest absolute Gasteiger partial charge is 0.0549 e. The first-order valence-electron chi connectivity index (χ1n) is 5.65. The molecule has 0 fully saturated rings. The molecule has 0 saturated carbocycles. The van der Waals surface area contributed by atoms with Crippen molar-refractivity contribution in [2.45, 2.75) is 45.3 Å². The van der Waals surface area contributed by atoms with Gasteiger partial charge in [-0.05, 0) is 55.1 Å². The van der Waals surface area contributed by atoms with Crippen LogP contribution in [0.1, 0.15) is 32.3 Å². The Balaban J connectivity index is 2.11. The highest BCUT2D eigenvalue weighted by Gasteiger charge is 2.04. The maximum atomic E-state index is 9.39. The zero-order valence-corrected chi connectivity index (χ0v) is 10.4. The van der Waals surface area contributed by atoms with E-state index in [4.69, 9.17) is 0 Å². The van der Waals surface area contributed by atoms with Crippen molar-refractivity contribution < 1.29 is 5.11 Å². The van der Waals surface area contributed by atoms with Crippen LogP contribution in [-0.2, 0) is 6.42 Å². The summed E-state index contributed by atoms with van der Waals surface area (Å²) in [5.41, 5.74) is 1.40. The monoisotopic (exact) mass is 227 g/mol. The fraction of sp³-hybridized carbons (Fsp3) is 0.667. The first-order chi connectivity index (χ1) is 7.22. The summed E-state index contributed by atoms with van der Waals surface area (Å²) in [5.74, 6) is 0. The Hall–Kier alpha value is -0.380. The number of thiophene rings is 1. The van der Waals surface area contributed by atoms with E-state index in [0.29, 0.717) is 6.04 Å². The minimum absolute atomic E-state index is 0.147. The van der Waals surface area contributed by atoms with Crippen molar-refractivity contribution >= 4 is 11.3 Å². The van der Waals surface area contributed by atoms with E-state index in [-0.39, 0.29) is 6.10 Å². The molecule has 0 aliphatic heterocycles. The lowest BCUT2D eigenvalue weighted by Gasteiger charge is -2.14. The molecular formula is C12H21NOS. The molecule has 2 atom stereocenters. The number of aliphatic hydroxyl groups excluding tert-OH is 1. The largest absolute Gasteiger partial charge is 0.393 e. The van der Waals surface area contributed by atoms with Gasteiger partial charge in [0.1, 0.15) is 0 Å². The van der Waals surface area contributed by atoms with Gasteiger partial charge in [0.05, 0.1) is 6.10 Å². The van der Waals surface area contributed by atoms with Gasteiger partial charge in [-0.3, -0.25) is 0 Å². The van der Waals surface area contributed by atoms with Gasteiger partial charge in [0, 0.05) is 6.04 Å². The van der Waals surface area contributed by atoms with E-state index in [1.165, 1.54) is 5.56 Å². The van der Waals surface area contributed by atoms with Crippen LogP contribution in [0.3, 0.4) is 0 Å². The molecule has 15 heavy (non-hydrogen) atoms. The summed E-state index contributed by atoms with van der Waals surface area (Å²) in [7, 11) is 0. The van der Waals surface area contributed by atoms with Crippen LogP contribution in [0.25, 0.3) is 0 Å². The molecule has 1 rings (SSSR count). The Morgan fingerprint density at radius 2 is 2.33 bits per heavy atom. The maximum Gasteiger partial charge on any atom is 0.0549 e. The molecule has 0 aliphatic rings. The number of hydrogen-bond donors (Lipinski definition) is 2. The average molecular weight is 227 g/mol. The van der Waals surface area contributed by atoms with Crippen molar-refractivity contribution in [2.24, 2.45) is 0 Å². The highest BCUT2D eigenvalue weighted by Crippen LogP contribution is 2.08. The second-order valence-electron chi connectivity index (χ2n) is 4.04. The molecule has 0 spiro atoms. The quantitative estimate of drug-likeness (QED) is 0.750. The summed E-state index contributed by atoms with van der Waals surface area (Å²) in [6.45, 7) is 5.11. The average Bonchev–Trinajstić information content (AvgIpc) is 2.70. The van der Waals surface area contributed by atoms with E-state index in [0.717, 1.165) is 25.8 Å². The van der Waals surface area contributed by atoms with Crippen molar-refractivity contribution in [3.05, 3.63) is 22.4 Å². The van der Waals surface area contributed by atoms with Crippen molar-refractivity contribution in [1.82, 2.24) is 5.32 Å². The fourth-order valence-corrected chi connectivity index (χ4v) is 2.22. The number of aliphatic hydroxyl groups is 1. The van der Waals surface area contributed by atoms with E-state index < -0.39 is 0 Å². The van der Waals surface area contributed by atoms with E-state index in [9.17, 15) is 5.11 Å². The van der Waals surface area contributed by atoms with Gasteiger partial charge in [-0.25, -0.2) is 0 Å². The summed E-state index contributed by atoms with van der Waals surface area (Å²) in [5, 5.41) is 17.1. The predicted octanol–water partition coefficient (Wildman–Crippen LogP) is 2.43. The zero-order chi connectivity index (χ0) is 11.1. The van der Waals surface area contributed by atoms with Crippen LogP contribution in [0.4, 0.5) is 0 Å². The first-order valence-corrected chi connectivity index (χ1v) is 6.59. The lowest BCUT2D eigenvalue weighted by Crippen LogP contribution is -2.30. The van der Waals surface area contributed by atoms with Crippen LogP contribution in [0.15, 0.2) is 16.8 Å². The molecule has 0 radical (unpaired) electrons. The number of hydrogen-bond acceptors (Lipinski definition) is 3. The van der Waals surface area contributed by atoms with Gasteiger partial charge >= 0.3 is 0 Å². The fourth-order valence-electron chi connectivity index (χ4n) is 1.53. The van der Waals surface area contributed by atoms with Gasteiger partial charge < -0.3 is 10.4 Å². The molecule has 2 N–H and O–H groups in total. The Morgan fingerprint density at radius 1 is 1.53 bits per heavy atom. The van der Waals surface area contributed by atoms with Crippen molar-refractivity contribution in [2.75, 3.05) is 6.54 Å². The van der Waals surface area contributed by atoms with Crippen molar-refractivity contribution in [3.63, 3.8) is 0 Å². The van der Waals surface area contributed by atoms with E-state index in [1.807, 2.05) is 6.92 Å². The summed E-state index contributed by atoms with van der Waals surface area (Å²) in [4.78, 5) is 0. The normalized spacial score (nSPS) is 15.1. The highest BCUT2D eigenvalue weighted by atomic mass is 32.1. The third kappa shape index (κ3) is 5.30. The lowest BCUT2D eigenvalue weighted by molar-refractivity contribution is 0.159. The minimum atomic E-state index is -0.147. The van der Waals surface area contributed by atoms with Crippen LogP contribution in [0, 0.1) is 0 Å². The molecule has 0 saturated heterocycles. The summed E-state index contributed by atoms with van der Waals surface area (Å²) in [6.07, 6.45) is 2.63. The van der Waals surface area contributed by atoms with Crippen molar-refractivity contribution in [1.29, 1.82) is 0 Å². The number of rotatable bonds is 7. The van der Waals surface area contributed by atoms with E-state index in [2.05, 4.69) is 29.1 Å². The summed E-state index contributed by atoms with van der Waals surface area (Å²) in [6, 6.07) is 2.66. The van der Waals surface area contributed by atoms with Crippen LogP contribution in [0.2, 0.25) is 0 Å². The Kier molecular flexibility index (Phi) is 5.91. The molecule has 1 heterocycles. The molecule has 0 aliphatic carbocycles. The Bertz CT molecular complexity index is 248. The zero-order valence-electron chi connectivity index (χ0n) is 9.57. The van der Waals surface area contributed by atoms with Crippen LogP contribution in [0.5, 0.6) is 0 Å². The molecule has 1 aromatic rings. The van der Waals surface area contributed by atoms with Gasteiger partial charge in [-0.15, -0.1) is 0 Å². The Labute approximate surface area is 96.3 Å². The summed E-state index contributed by atoms with van der Waals surface area (Å²) < 4.78 is 0. The minimum Gasteiger partial charge on any atom is -0.393 e. The van der Waals surface area contributed by atoms with Gasteiger partial charge in [-0.1, -0.05) is 6.92 Å². The molecule has 3 heteroatoms. The first kappa shape index (κ1) is 12.7. The van der Waals surface area contributed by atoms with Gasteiger partial charge in [0.2, 0.25) is 0 Å². The molecule has 0 bridgehead atoms. The molecule has 0 aromatic carbocycles. The molecular weight excluding hydrogens is 206 g/mol. The summed E-state index contributed by atoms with van der Waals surface area (Å²) >= 11 is 1.75. The van der Waals surface area contributed by atoms with E-state index >= 15 is 0 Å². The lowest BCUT2D eigenvalue weighted by atomic mass is 10.1. The molecule has 86 valence electrons. The van der Waals surface area contributed by atoms with Crippen LogP contribution < -0.4 is 5.32 Å². The topological polar surface area (TPSA) is 32.3 Å². The maximum absolute atomic E-state index is 9.39. The highest BCUT2D eigenvalue weighted by molar-refractivity contribution is 7.07. The van der Waals surface area contributed by atoms with Gasteiger partial charge in [0.25, 0.3) is 0 Å². The SMILES string of the molecule is CCC(O)CCNC(C)Cc1ccsc1. The van der Waals surface area contributed by atoms with Crippen LogP contribution >= 0.6 is 11.3 Å². The van der Waals surface area contributed by atoms with Crippen LogP contribution in [-0.4, -0.2) is 23.8 Å². The predicted molar refractivity (Wildman–Crippen MR) is 66.4 cm³/mol. The van der Waals surface area contributed by atoms with E-state index in [1.54, 1.807) is 11.3 Å². The third-order valence-corrected chi connectivity index (χ3v) is 3.30.